The Kier molecular flexibility index (Phi) is 1.96. The number of rotatable bonds is 1. The Morgan fingerprint density at radius 1 is 1.29 bits per heavy atom. The maximum Gasteiger partial charge on any atom is 0.261 e. The molecule has 0 bridgehead atoms. The van der Waals surface area contributed by atoms with Crippen LogP contribution < -0.4 is 5.32 Å². The van der Waals surface area contributed by atoms with Crippen LogP contribution in [0.25, 0.3) is 0 Å². The van der Waals surface area contributed by atoms with Crippen molar-refractivity contribution < 1.29 is 9.59 Å². The summed E-state index contributed by atoms with van der Waals surface area (Å²) in [5, 5.41) is 4.35. The molecule has 0 saturated carbocycles. The molecule has 0 unspecified atom stereocenters. The average molecular weight is 204 g/mol. The van der Waals surface area contributed by atoms with Gasteiger partial charge in [0.2, 0.25) is 0 Å². The molecule has 0 fully saturated rings. The molecule has 2 amide bonds. The van der Waals surface area contributed by atoms with Gasteiger partial charge in [-0.3, -0.25) is 14.9 Å². The third-order valence-corrected chi connectivity index (χ3v) is 2.00. The fraction of sp³-hybridized carbons (Fsp3) is 0. The number of isothiocyanates is 1. The molecule has 5 heteroatoms. The third-order valence-electron chi connectivity index (χ3n) is 1.91. The number of hydrogen-bond acceptors (Lipinski definition) is 4. The zero-order valence-corrected chi connectivity index (χ0v) is 7.72. The normalized spacial score (nSPS) is 13.1. The average Bonchev–Trinajstić information content (AvgIpc) is 2.44. The predicted molar refractivity (Wildman–Crippen MR) is 52.9 cm³/mol. The molecule has 1 aromatic carbocycles. The van der Waals surface area contributed by atoms with E-state index in [9.17, 15) is 9.59 Å². The smallest absolute Gasteiger partial charge is 0.261 e. The Morgan fingerprint density at radius 3 is 2.79 bits per heavy atom. The minimum Gasteiger partial charge on any atom is -0.288 e. The molecule has 0 atom stereocenters. The van der Waals surface area contributed by atoms with Crippen LogP contribution in [0.3, 0.4) is 0 Å². The summed E-state index contributed by atoms with van der Waals surface area (Å²) in [5.74, 6) is -0.832. The molecule has 2 rings (SSSR count). The topological polar surface area (TPSA) is 58.5 Å². The third kappa shape index (κ3) is 1.16. The van der Waals surface area contributed by atoms with Gasteiger partial charge < -0.3 is 0 Å². The van der Waals surface area contributed by atoms with E-state index in [4.69, 9.17) is 0 Å². The van der Waals surface area contributed by atoms with Crippen molar-refractivity contribution in [3.8, 4) is 0 Å². The Balaban J connectivity index is 2.73. The highest BCUT2D eigenvalue weighted by Gasteiger charge is 2.28. The largest absolute Gasteiger partial charge is 0.288 e. The van der Waals surface area contributed by atoms with Crippen LogP contribution in [0.15, 0.2) is 23.2 Å². The summed E-state index contributed by atoms with van der Waals surface area (Å²) in [6.07, 6.45) is 0. The highest BCUT2D eigenvalue weighted by atomic mass is 32.1. The second-order valence-electron chi connectivity index (χ2n) is 2.69. The summed E-state index contributed by atoms with van der Waals surface area (Å²) < 4.78 is 0. The van der Waals surface area contributed by atoms with E-state index >= 15 is 0 Å². The first-order valence-electron chi connectivity index (χ1n) is 3.80. The zero-order valence-electron chi connectivity index (χ0n) is 6.90. The number of hydrogen-bond donors (Lipinski definition) is 1. The Morgan fingerprint density at radius 2 is 2.07 bits per heavy atom. The molecule has 1 heterocycles. The van der Waals surface area contributed by atoms with E-state index in [-0.39, 0.29) is 5.56 Å². The van der Waals surface area contributed by atoms with Crippen molar-refractivity contribution in [1.82, 2.24) is 5.32 Å². The molecule has 0 aliphatic carbocycles. The number of amides is 2. The highest BCUT2D eigenvalue weighted by Crippen LogP contribution is 2.25. The van der Waals surface area contributed by atoms with Crippen LogP contribution in [0.5, 0.6) is 0 Å². The quantitative estimate of drug-likeness (QED) is 0.426. The van der Waals surface area contributed by atoms with Gasteiger partial charge in [-0.05, 0) is 24.4 Å². The number of nitrogens with zero attached hydrogens (tertiary/aromatic N) is 1. The zero-order chi connectivity index (χ0) is 10.1. The Labute approximate surface area is 84.6 Å². The van der Waals surface area contributed by atoms with Crippen LogP contribution in [0, 0.1) is 0 Å². The molecule has 1 aliphatic heterocycles. The van der Waals surface area contributed by atoms with Gasteiger partial charge in [0, 0.05) is 0 Å². The monoisotopic (exact) mass is 204 g/mol. The van der Waals surface area contributed by atoms with Crippen molar-refractivity contribution in [2.45, 2.75) is 0 Å². The molecule has 1 N–H and O–H groups in total. The van der Waals surface area contributed by atoms with Crippen molar-refractivity contribution in [1.29, 1.82) is 0 Å². The molecule has 14 heavy (non-hydrogen) atoms. The minimum absolute atomic E-state index is 0.273. The van der Waals surface area contributed by atoms with Gasteiger partial charge in [-0.2, -0.15) is 4.99 Å². The lowest BCUT2D eigenvalue weighted by Crippen LogP contribution is -2.19. The summed E-state index contributed by atoms with van der Waals surface area (Å²) in [5.41, 5.74) is 0.984. The van der Waals surface area contributed by atoms with Crippen LogP contribution in [-0.2, 0) is 0 Å². The molecule has 4 nitrogen and oxygen atoms in total. The fourth-order valence-electron chi connectivity index (χ4n) is 1.34. The van der Waals surface area contributed by atoms with E-state index < -0.39 is 11.8 Å². The summed E-state index contributed by atoms with van der Waals surface area (Å²) in [6.45, 7) is 0. The molecule has 68 valence electrons. The van der Waals surface area contributed by atoms with Crippen LogP contribution in [-0.4, -0.2) is 17.0 Å². The number of thiocarbonyl (C=S) groups is 1. The molecule has 1 aromatic rings. The van der Waals surface area contributed by atoms with E-state index in [1.54, 1.807) is 18.2 Å². The van der Waals surface area contributed by atoms with Crippen molar-refractivity contribution >= 4 is 34.9 Å². The second kappa shape index (κ2) is 3.14. The van der Waals surface area contributed by atoms with Gasteiger partial charge in [0.15, 0.2) is 0 Å². The van der Waals surface area contributed by atoms with Crippen molar-refractivity contribution in [2.24, 2.45) is 4.99 Å². The van der Waals surface area contributed by atoms with Gasteiger partial charge in [-0.1, -0.05) is 6.07 Å². The van der Waals surface area contributed by atoms with Crippen molar-refractivity contribution in [3.05, 3.63) is 29.3 Å². The lowest BCUT2D eigenvalue weighted by atomic mass is 10.1. The van der Waals surface area contributed by atoms with E-state index in [0.29, 0.717) is 11.3 Å². The number of fused-ring (bicyclic) bond motifs is 1. The summed E-state index contributed by atoms with van der Waals surface area (Å²) in [7, 11) is 0. The fourth-order valence-corrected chi connectivity index (χ4v) is 1.44. The van der Waals surface area contributed by atoms with Gasteiger partial charge in [0.05, 0.1) is 22.0 Å². The molecule has 0 spiro atoms. The SMILES string of the molecule is O=C1NC(=O)c2c(N=C=S)cccc21. The number of imide groups is 1. The lowest BCUT2D eigenvalue weighted by Gasteiger charge is -1.96. The minimum atomic E-state index is -0.436. The first kappa shape index (κ1) is 8.74. The van der Waals surface area contributed by atoms with Gasteiger partial charge in [0.25, 0.3) is 11.8 Å². The van der Waals surface area contributed by atoms with Gasteiger partial charge in [-0.15, -0.1) is 0 Å². The maximum absolute atomic E-state index is 11.3. The Bertz CT molecular complexity index is 490. The summed E-state index contributed by atoms with van der Waals surface area (Å²) >= 11 is 4.44. The predicted octanol–water partition coefficient (Wildman–Crippen LogP) is 1.30. The molecule has 0 radical (unpaired) electrons. The van der Waals surface area contributed by atoms with Crippen molar-refractivity contribution in [2.75, 3.05) is 0 Å². The van der Waals surface area contributed by atoms with Gasteiger partial charge in [0.1, 0.15) is 0 Å². The van der Waals surface area contributed by atoms with Gasteiger partial charge in [-0.25, -0.2) is 0 Å². The molecular formula is C9H4N2O2S. The van der Waals surface area contributed by atoms with E-state index in [2.05, 4.69) is 27.7 Å². The number of aliphatic imine (C=N–C) groups is 1. The van der Waals surface area contributed by atoms with Crippen LogP contribution in [0.4, 0.5) is 5.69 Å². The number of benzene rings is 1. The Hall–Kier alpha value is -1.84. The molecule has 0 aromatic heterocycles. The van der Waals surface area contributed by atoms with Crippen LogP contribution in [0.2, 0.25) is 0 Å². The number of nitrogens with one attached hydrogen (secondary N) is 1. The highest BCUT2D eigenvalue weighted by molar-refractivity contribution is 7.78. The van der Waals surface area contributed by atoms with E-state index in [0.717, 1.165) is 0 Å². The van der Waals surface area contributed by atoms with Crippen molar-refractivity contribution in [3.63, 3.8) is 0 Å². The summed E-state index contributed by atoms with van der Waals surface area (Å²) in [4.78, 5) is 26.2. The van der Waals surface area contributed by atoms with Gasteiger partial charge >= 0.3 is 0 Å². The molecule has 1 aliphatic rings. The van der Waals surface area contributed by atoms with E-state index in [1.165, 1.54) is 0 Å². The van der Waals surface area contributed by atoms with E-state index in [1.807, 2.05) is 0 Å². The number of carbonyl (C=O) groups excluding carboxylic acids is 2. The lowest BCUT2D eigenvalue weighted by molar-refractivity contribution is 0.0880. The maximum atomic E-state index is 11.3. The number of carbonyl (C=O) groups is 2. The first-order valence-corrected chi connectivity index (χ1v) is 4.21. The first-order chi connectivity index (χ1) is 6.74. The summed E-state index contributed by atoms with van der Waals surface area (Å²) in [6, 6.07) is 4.82. The standard InChI is InChI=1S/C9H4N2O2S/c12-8-5-2-1-3-6(10-4-14)7(5)9(13)11-8/h1-3H,(H,11,12,13). The second-order valence-corrected chi connectivity index (χ2v) is 2.87. The molecular weight excluding hydrogens is 200 g/mol. The van der Waals surface area contributed by atoms with Crippen LogP contribution in [0.1, 0.15) is 20.7 Å². The molecule has 0 saturated heterocycles. The van der Waals surface area contributed by atoms with Crippen LogP contribution >= 0.6 is 12.2 Å².